The third-order valence-corrected chi connectivity index (χ3v) is 5.28. The number of rotatable bonds is 3. The molecule has 1 N–H and O–H groups in total. The minimum Gasteiger partial charge on any atom is -0.361 e. The molecule has 1 saturated heterocycles. The van der Waals surface area contributed by atoms with Crippen LogP contribution in [0.3, 0.4) is 0 Å². The van der Waals surface area contributed by atoms with Crippen LogP contribution in [0.25, 0.3) is 0 Å². The Hall–Kier alpha value is -0.180. The van der Waals surface area contributed by atoms with Gasteiger partial charge in [0, 0.05) is 11.8 Å². The minimum absolute atomic E-state index is 0.567. The van der Waals surface area contributed by atoms with E-state index in [9.17, 15) is 0 Å². The molecule has 4 atom stereocenters. The third-order valence-electron chi connectivity index (χ3n) is 4.21. The summed E-state index contributed by atoms with van der Waals surface area (Å²) < 4.78 is 0. The molecule has 4 unspecified atom stereocenters. The fourth-order valence-electron chi connectivity index (χ4n) is 2.88. The van der Waals surface area contributed by atoms with Gasteiger partial charge in [-0.3, -0.25) is 4.99 Å². The Labute approximate surface area is 110 Å². The zero-order valence-corrected chi connectivity index (χ0v) is 12.4. The first kappa shape index (κ1) is 13.3. The number of hydrogen-bond donors (Lipinski definition) is 1. The van der Waals surface area contributed by atoms with Gasteiger partial charge in [0.1, 0.15) is 0 Å². The lowest BCUT2D eigenvalue weighted by molar-refractivity contribution is 0.423. The summed E-state index contributed by atoms with van der Waals surface area (Å²) >= 11 is 1.92. The van der Waals surface area contributed by atoms with Gasteiger partial charge in [-0.1, -0.05) is 39.5 Å². The summed E-state index contributed by atoms with van der Waals surface area (Å²) in [6.07, 6.45) is 3.90. The largest absolute Gasteiger partial charge is 0.361 e. The van der Waals surface area contributed by atoms with E-state index in [1.165, 1.54) is 30.2 Å². The predicted molar refractivity (Wildman–Crippen MR) is 77.6 cm³/mol. The molecule has 0 bridgehead atoms. The maximum Gasteiger partial charge on any atom is 0.157 e. The molecule has 0 aromatic carbocycles. The molecule has 0 spiro atoms. The molecule has 98 valence electrons. The van der Waals surface area contributed by atoms with E-state index in [1.807, 2.05) is 11.8 Å². The van der Waals surface area contributed by atoms with E-state index in [-0.39, 0.29) is 0 Å². The number of nitrogens with one attached hydrogen (secondary N) is 1. The molecule has 1 saturated carbocycles. The van der Waals surface area contributed by atoms with E-state index in [4.69, 9.17) is 4.99 Å². The van der Waals surface area contributed by atoms with Crippen LogP contribution in [-0.2, 0) is 0 Å². The summed E-state index contributed by atoms with van der Waals surface area (Å²) in [7, 11) is 0. The Balaban J connectivity index is 1.87. The van der Waals surface area contributed by atoms with Gasteiger partial charge in [-0.05, 0) is 37.0 Å². The highest BCUT2D eigenvalue weighted by atomic mass is 32.2. The van der Waals surface area contributed by atoms with Crippen molar-refractivity contribution in [1.82, 2.24) is 5.32 Å². The highest BCUT2D eigenvalue weighted by molar-refractivity contribution is 8.14. The Morgan fingerprint density at radius 3 is 2.71 bits per heavy atom. The molecule has 1 aliphatic carbocycles. The van der Waals surface area contributed by atoms with E-state index >= 15 is 0 Å². The van der Waals surface area contributed by atoms with Crippen LogP contribution < -0.4 is 5.32 Å². The van der Waals surface area contributed by atoms with E-state index in [2.05, 4.69) is 33.0 Å². The van der Waals surface area contributed by atoms with Gasteiger partial charge in [-0.2, -0.15) is 0 Å². The Kier molecular flexibility index (Phi) is 4.40. The maximum atomic E-state index is 4.93. The predicted octanol–water partition coefficient (Wildman–Crippen LogP) is 3.53. The molecule has 0 aromatic heterocycles. The van der Waals surface area contributed by atoms with Crippen molar-refractivity contribution in [3.63, 3.8) is 0 Å². The van der Waals surface area contributed by atoms with Crippen LogP contribution in [0.2, 0.25) is 0 Å². The van der Waals surface area contributed by atoms with Crippen molar-refractivity contribution in [2.24, 2.45) is 22.7 Å². The molecule has 17 heavy (non-hydrogen) atoms. The van der Waals surface area contributed by atoms with Gasteiger partial charge in [-0.15, -0.1) is 0 Å². The summed E-state index contributed by atoms with van der Waals surface area (Å²) in [4.78, 5) is 4.93. The molecule has 0 amide bonds. The second kappa shape index (κ2) is 5.64. The summed E-state index contributed by atoms with van der Waals surface area (Å²) in [5.41, 5.74) is 0. The maximum absolute atomic E-state index is 4.93. The van der Waals surface area contributed by atoms with Crippen LogP contribution >= 0.6 is 11.8 Å². The fourth-order valence-corrected chi connectivity index (χ4v) is 3.92. The average molecular weight is 254 g/mol. The van der Waals surface area contributed by atoms with Gasteiger partial charge in [-0.25, -0.2) is 0 Å². The quantitative estimate of drug-likeness (QED) is 0.833. The first-order chi connectivity index (χ1) is 8.06. The first-order valence-corrected chi connectivity index (χ1v) is 8.02. The highest BCUT2D eigenvalue weighted by Crippen LogP contribution is 2.34. The Morgan fingerprint density at radius 1 is 1.35 bits per heavy atom. The SMILES string of the molecule is CC(C)CC1CSC(=NC2CCC(C)C2C)N1. The molecule has 1 aliphatic heterocycles. The van der Waals surface area contributed by atoms with E-state index in [1.54, 1.807) is 0 Å². The molecule has 2 rings (SSSR count). The Morgan fingerprint density at radius 2 is 2.12 bits per heavy atom. The smallest absolute Gasteiger partial charge is 0.157 e. The van der Waals surface area contributed by atoms with Crippen LogP contribution in [0.15, 0.2) is 4.99 Å². The van der Waals surface area contributed by atoms with Gasteiger partial charge in [0.15, 0.2) is 5.17 Å². The van der Waals surface area contributed by atoms with Crippen molar-refractivity contribution in [1.29, 1.82) is 0 Å². The summed E-state index contributed by atoms with van der Waals surface area (Å²) in [6.45, 7) is 9.31. The molecule has 0 radical (unpaired) electrons. The van der Waals surface area contributed by atoms with Gasteiger partial charge < -0.3 is 5.32 Å². The first-order valence-electron chi connectivity index (χ1n) is 7.03. The molecular formula is C14H26N2S. The molecule has 2 nitrogen and oxygen atoms in total. The Bertz CT molecular complexity index is 288. The fraction of sp³-hybridized carbons (Fsp3) is 0.929. The van der Waals surface area contributed by atoms with Crippen LogP contribution in [0.5, 0.6) is 0 Å². The van der Waals surface area contributed by atoms with E-state index in [0.717, 1.165) is 17.8 Å². The summed E-state index contributed by atoms with van der Waals surface area (Å²) in [6, 6.07) is 1.21. The topological polar surface area (TPSA) is 24.4 Å². The van der Waals surface area contributed by atoms with Gasteiger partial charge in [0.05, 0.1) is 6.04 Å². The number of nitrogens with zero attached hydrogens (tertiary/aromatic N) is 1. The number of amidine groups is 1. The van der Waals surface area contributed by atoms with Crippen LogP contribution in [-0.4, -0.2) is 23.0 Å². The van der Waals surface area contributed by atoms with Crippen LogP contribution in [0, 0.1) is 17.8 Å². The second-order valence-corrected chi connectivity index (χ2v) is 7.21. The van der Waals surface area contributed by atoms with Gasteiger partial charge >= 0.3 is 0 Å². The molecule has 1 heterocycles. The minimum atomic E-state index is 0.567. The monoisotopic (exact) mass is 254 g/mol. The summed E-state index contributed by atoms with van der Waals surface area (Å²) in [5, 5.41) is 4.81. The van der Waals surface area contributed by atoms with Crippen molar-refractivity contribution in [3.8, 4) is 0 Å². The molecular weight excluding hydrogens is 228 g/mol. The van der Waals surface area contributed by atoms with E-state index in [0.29, 0.717) is 12.1 Å². The third kappa shape index (κ3) is 3.40. The number of aliphatic imine (C=N–C) groups is 1. The molecule has 3 heteroatoms. The standard InChI is InChI=1S/C14H26N2S/c1-9(2)7-12-8-17-14(15-12)16-13-6-5-10(3)11(13)4/h9-13H,5-8H2,1-4H3,(H,15,16). The number of thioether (sulfide) groups is 1. The van der Waals surface area contributed by atoms with Crippen LogP contribution in [0.1, 0.15) is 47.0 Å². The van der Waals surface area contributed by atoms with Crippen molar-refractivity contribution in [2.75, 3.05) is 5.75 Å². The summed E-state index contributed by atoms with van der Waals surface area (Å²) in [5.74, 6) is 3.59. The van der Waals surface area contributed by atoms with Gasteiger partial charge in [0.2, 0.25) is 0 Å². The van der Waals surface area contributed by atoms with Crippen molar-refractivity contribution in [3.05, 3.63) is 0 Å². The molecule has 2 fully saturated rings. The van der Waals surface area contributed by atoms with Crippen molar-refractivity contribution < 1.29 is 0 Å². The van der Waals surface area contributed by atoms with Crippen molar-refractivity contribution >= 4 is 16.9 Å². The van der Waals surface area contributed by atoms with E-state index < -0.39 is 0 Å². The normalized spacial score (nSPS) is 40.2. The van der Waals surface area contributed by atoms with Crippen LogP contribution in [0.4, 0.5) is 0 Å². The lowest BCUT2D eigenvalue weighted by Crippen LogP contribution is -2.29. The molecule has 2 aliphatic rings. The van der Waals surface area contributed by atoms with Gasteiger partial charge in [0.25, 0.3) is 0 Å². The second-order valence-electron chi connectivity index (χ2n) is 6.20. The highest BCUT2D eigenvalue weighted by Gasteiger charge is 2.31. The van der Waals surface area contributed by atoms with Crippen molar-refractivity contribution in [2.45, 2.75) is 59.0 Å². The zero-order valence-electron chi connectivity index (χ0n) is 11.6. The molecule has 0 aromatic rings. The lowest BCUT2D eigenvalue weighted by atomic mass is 9.98. The zero-order chi connectivity index (χ0) is 12.4. The lowest BCUT2D eigenvalue weighted by Gasteiger charge is -2.15. The number of hydrogen-bond acceptors (Lipinski definition) is 2. The average Bonchev–Trinajstić information content (AvgIpc) is 2.80.